The summed E-state index contributed by atoms with van der Waals surface area (Å²) in [6.45, 7) is 22.7. The summed E-state index contributed by atoms with van der Waals surface area (Å²) in [5.74, 6) is 0. The molecule has 5 aromatic rings. The molecule has 0 heterocycles. The van der Waals surface area contributed by atoms with Gasteiger partial charge >= 0.3 is 41.3 Å². The Morgan fingerprint density at radius 1 is 0.652 bits per heavy atom. The molecule has 5 aromatic carbocycles. The molecule has 0 atom stereocenters. The topological polar surface area (TPSA) is 0 Å². The fourth-order valence-corrected chi connectivity index (χ4v) is 5.88. The first-order valence-corrected chi connectivity index (χ1v) is 17.0. The molecular formula is C43H48Cl2Zr-2. The molecule has 46 heavy (non-hydrogen) atoms. The first-order chi connectivity index (χ1) is 20.7. The summed E-state index contributed by atoms with van der Waals surface area (Å²) in [5.41, 5.74) is 10.9. The molecule has 0 spiro atoms. The number of rotatable bonds is 2. The Hall–Kier alpha value is -2.44. The number of allylic oxidation sites excluding steroid dienone is 4. The van der Waals surface area contributed by atoms with Crippen LogP contribution in [0.3, 0.4) is 0 Å². The minimum Gasteiger partial charge on any atom is -1.00 e. The Balaban J connectivity index is 0.000000586. The van der Waals surface area contributed by atoms with Gasteiger partial charge in [-0.15, -0.1) is 46.2 Å². The van der Waals surface area contributed by atoms with Crippen molar-refractivity contribution in [2.24, 2.45) is 0 Å². The summed E-state index contributed by atoms with van der Waals surface area (Å²) >= 11 is 1.55. The third kappa shape index (κ3) is 9.56. The maximum atomic E-state index is 2.99. The summed E-state index contributed by atoms with van der Waals surface area (Å²) in [5, 5.41) is 5.38. The van der Waals surface area contributed by atoms with Crippen molar-refractivity contribution in [3.05, 3.63) is 125 Å². The predicted molar refractivity (Wildman–Crippen MR) is 193 cm³/mol. The molecule has 0 aliphatic heterocycles. The van der Waals surface area contributed by atoms with E-state index in [1.54, 1.807) is 24.2 Å². The summed E-state index contributed by atoms with van der Waals surface area (Å²) in [6, 6.07) is 29.8. The molecule has 6 rings (SSSR count). The Kier molecular flexibility index (Phi) is 14.3. The zero-order valence-corrected chi connectivity index (χ0v) is 33.2. The standard InChI is InChI=1S/C35H37.C5H5.C3H6.2ClH.Zr/c1-22-13-9-11-15-26(22)30-18-24-17-25-19-31(27-16-12-10-14-23(27)2)33(35(6,7)8)21-29(25)28(24)20-32(30)34(3,4)5;1-2-4-5-3-1;1-3-2;;;/h9-21H,1-8H3;1-3H,4H2;1-2H3;2*1H;/q2*-1;;;;+2/p-2. The van der Waals surface area contributed by atoms with Crippen molar-refractivity contribution in [1.29, 1.82) is 0 Å². The molecule has 0 unspecified atom stereocenters. The molecule has 0 aromatic heterocycles. The van der Waals surface area contributed by atoms with Gasteiger partial charge < -0.3 is 24.8 Å². The van der Waals surface area contributed by atoms with Crippen molar-refractivity contribution in [2.45, 2.75) is 86.5 Å². The van der Waals surface area contributed by atoms with E-state index in [0.29, 0.717) is 0 Å². The quantitative estimate of drug-likeness (QED) is 0.187. The monoisotopic (exact) mass is 724 g/mol. The normalized spacial score (nSPS) is 12.1. The van der Waals surface area contributed by atoms with E-state index < -0.39 is 0 Å². The fourth-order valence-electron chi connectivity index (χ4n) is 5.88. The second-order valence-corrected chi connectivity index (χ2v) is 16.7. The van der Waals surface area contributed by atoms with Crippen LogP contribution in [-0.2, 0) is 35.1 Å². The van der Waals surface area contributed by atoms with Crippen LogP contribution in [0, 0.1) is 19.9 Å². The van der Waals surface area contributed by atoms with Gasteiger partial charge in [0, 0.05) is 0 Å². The van der Waals surface area contributed by atoms with Crippen LogP contribution in [0.5, 0.6) is 0 Å². The van der Waals surface area contributed by atoms with Gasteiger partial charge in [-0.1, -0.05) is 102 Å². The number of fused-ring (bicyclic) bond motifs is 3. The largest absolute Gasteiger partial charge is 1.00 e. The summed E-state index contributed by atoms with van der Waals surface area (Å²) in [4.78, 5) is 0. The summed E-state index contributed by atoms with van der Waals surface area (Å²) in [7, 11) is 0. The summed E-state index contributed by atoms with van der Waals surface area (Å²) in [6.07, 6.45) is 10.0. The van der Waals surface area contributed by atoms with Gasteiger partial charge in [0.2, 0.25) is 0 Å². The Labute approximate surface area is 305 Å². The molecule has 1 aliphatic rings. The Morgan fingerprint density at radius 3 is 1.33 bits per heavy atom. The SMILES string of the molecule is C[C](C)=[Zr+2].Cc1ccccc1-c1cc2[cH-]c3cc(-c4ccccc4C)c(C(C)(C)C)cc3c2cc1C(C)(C)C.[C-]1=CC=CC1.[Cl-].[Cl-]. The fraction of sp³-hybridized carbons (Fsp3) is 0.302. The van der Waals surface area contributed by atoms with Crippen LogP contribution in [0.25, 0.3) is 43.8 Å². The second kappa shape index (κ2) is 16.6. The molecule has 3 heteroatoms. The predicted octanol–water partition coefficient (Wildman–Crippen LogP) is 6.32. The minimum atomic E-state index is 0. The molecule has 0 bridgehead atoms. The third-order valence-corrected chi connectivity index (χ3v) is 8.05. The minimum absolute atomic E-state index is 0. The van der Waals surface area contributed by atoms with Crippen LogP contribution >= 0.6 is 0 Å². The van der Waals surface area contributed by atoms with Crippen molar-refractivity contribution >= 4 is 24.8 Å². The van der Waals surface area contributed by atoms with Gasteiger partial charge in [-0.05, 0) is 69.2 Å². The molecule has 0 radical (unpaired) electrons. The number of benzene rings is 4. The van der Waals surface area contributed by atoms with E-state index in [2.05, 4.69) is 160 Å². The van der Waals surface area contributed by atoms with Crippen molar-refractivity contribution in [3.8, 4) is 22.3 Å². The van der Waals surface area contributed by atoms with Gasteiger partial charge in [-0.25, -0.2) is 12.2 Å². The average molecular weight is 727 g/mol. The second-order valence-electron chi connectivity index (χ2n) is 14.2. The van der Waals surface area contributed by atoms with Gasteiger partial charge in [0.15, 0.2) is 0 Å². The van der Waals surface area contributed by atoms with E-state index in [0.717, 1.165) is 6.42 Å². The molecular weight excluding hydrogens is 679 g/mol. The number of hydrogen-bond acceptors (Lipinski definition) is 0. The average Bonchev–Trinajstić information content (AvgIpc) is 3.62. The van der Waals surface area contributed by atoms with Gasteiger partial charge in [-0.3, -0.25) is 6.08 Å². The maximum absolute atomic E-state index is 2.99. The van der Waals surface area contributed by atoms with Gasteiger partial charge in [0.25, 0.3) is 0 Å². The van der Waals surface area contributed by atoms with Crippen molar-refractivity contribution < 1.29 is 49.0 Å². The molecule has 0 amide bonds. The van der Waals surface area contributed by atoms with Crippen molar-refractivity contribution in [2.75, 3.05) is 0 Å². The molecule has 0 fully saturated rings. The van der Waals surface area contributed by atoms with Crippen LogP contribution in [0.2, 0.25) is 0 Å². The zero-order chi connectivity index (χ0) is 32.2. The van der Waals surface area contributed by atoms with Gasteiger partial charge in [0.1, 0.15) is 0 Å². The smallest absolute Gasteiger partial charge is 0.0139 e. The van der Waals surface area contributed by atoms with Crippen LogP contribution in [0.4, 0.5) is 0 Å². The molecule has 1 aliphatic carbocycles. The molecule has 0 nitrogen and oxygen atoms in total. The molecule has 0 saturated heterocycles. The zero-order valence-electron chi connectivity index (χ0n) is 29.2. The molecule has 0 saturated carbocycles. The van der Waals surface area contributed by atoms with Gasteiger partial charge in [0.05, 0.1) is 0 Å². The van der Waals surface area contributed by atoms with E-state index in [9.17, 15) is 0 Å². The van der Waals surface area contributed by atoms with Crippen LogP contribution in [0.1, 0.15) is 84.1 Å². The first kappa shape index (κ1) is 39.7. The Bertz CT molecular complexity index is 1720. The first-order valence-electron chi connectivity index (χ1n) is 15.8. The Morgan fingerprint density at radius 2 is 1.04 bits per heavy atom. The molecule has 240 valence electrons. The van der Waals surface area contributed by atoms with Crippen molar-refractivity contribution in [1.82, 2.24) is 0 Å². The van der Waals surface area contributed by atoms with E-state index in [1.165, 1.54) is 69.3 Å². The third-order valence-electron chi connectivity index (χ3n) is 8.05. The van der Waals surface area contributed by atoms with Crippen LogP contribution < -0.4 is 24.8 Å². The number of hydrogen-bond donors (Lipinski definition) is 0. The summed E-state index contributed by atoms with van der Waals surface area (Å²) < 4.78 is 1.51. The maximum Gasteiger partial charge on any atom is -0.0139 e. The van der Waals surface area contributed by atoms with E-state index in [4.69, 9.17) is 0 Å². The number of aryl methyl sites for hydroxylation is 2. The number of halogens is 2. The van der Waals surface area contributed by atoms with Crippen molar-refractivity contribution in [3.63, 3.8) is 0 Å². The van der Waals surface area contributed by atoms with E-state index >= 15 is 0 Å². The van der Waals surface area contributed by atoms with E-state index in [-0.39, 0.29) is 35.6 Å². The van der Waals surface area contributed by atoms with Crippen LogP contribution in [0.15, 0.2) is 97.1 Å². The van der Waals surface area contributed by atoms with Gasteiger partial charge in [-0.2, -0.15) is 6.08 Å². The van der Waals surface area contributed by atoms with Crippen LogP contribution in [-0.4, -0.2) is 3.21 Å². The molecule has 0 N–H and O–H groups in total. The van der Waals surface area contributed by atoms with E-state index in [1.807, 2.05) is 12.2 Å².